The summed E-state index contributed by atoms with van der Waals surface area (Å²) in [6, 6.07) is 3.19. The Morgan fingerprint density at radius 2 is 1.81 bits per heavy atom. The molecule has 0 atom stereocenters. The molecular formula is C15H24N2O4. The van der Waals surface area contributed by atoms with Crippen LogP contribution in [0.25, 0.3) is 0 Å². The maximum absolute atomic E-state index is 11.8. The molecular weight excluding hydrogens is 272 g/mol. The molecule has 1 heterocycles. The lowest BCUT2D eigenvalue weighted by atomic mass is 9.89. The van der Waals surface area contributed by atoms with Crippen LogP contribution < -0.4 is 10.9 Å². The molecule has 3 N–H and O–H groups in total. The third kappa shape index (κ3) is 5.59. The van der Waals surface area contributed by atoms with E-state index in [4.69, 9.17) is 4.42 Å². The molecule has 21 heavy (non-hydrogen) atoms. The second-order valence-corrected chi connectivity index (χ2v) is 5.31. The third-order valence-electron chi connectivity index (χ3n) is 3.20. The minimum atomic E-state index is -1.01. The predicted molar refractivity (Wildman–Crippen MR) is 78.4 cm³/mol. The number of hydrazine groups is 1. The van der Waals surface area contributed by atoms with E-state index in [1.54, 1.807) is 13.0 Å². The molecule has 0 saturated heterocycles. The van der Waals surface area contributed by atoms with E-state index in [9.17, 15) is 14.7 Å². The lowest BCUT2D eigenvalue weighted by Crippen LogP contribution is -2.45. The molecule has 0 aromatic carbocycles. The second-order valence-electron chi connectivity index (χ2n) is 5.31. The smallest absolute Gasteiger partial charge is 0.305 e. The first kappa shape index (κ1) is 17.2. The highest BCUT2D eigenvalue weighted by atomic mass is 16.3. The molecule has 0 spiro atoms. The molecule has 0 fully saturated rings. The Kier molecular flexibility index (Phi) is 6.42. The van der Waals surface area contributed by atoms with Crippen LogP contribution in [-0.2, 0) is 4.79 Å². The minimum absolute atomic E-state index is 0.0356. The van der Waals surface area contributed by atoms with Crippen LogP contribution in [-0.4, -0.2) is 22.5 Å². The zero-order valence-electron chi connectivity index (χ0n) is 12.9. The van der Waals surface area contributed by atoms with Gasteiger partial charge in [-0.15, -0.1) is 0 Å². The molecule has 0 unspecified atom stereocenters. The number of carbonyl (C=O) groups excluding carboxylic acids is 2. The van der Waals surface area contributed by atoms with Crippen LogP contribution >= 0.6 is 0 Å². The number of rotatable bonds is 7. The van der Waals surface area contributed by atoms with Crippen molar-refractivity contribution in [1.29, 1.82) is 0 Å². The van der Waals surface area contributed by atoms with Crippen molar-refractivity contribution in [3.63, 3.8) is 0 Å². The van der Waals surface area contributed by atoms with Crippen LogP contribution in [0.3, 0.4) is 0 Å². The van der Waals surface area contributed by atoms with Crippen molar-refractivity contribution < 1.29 is 19.1 Å². The summed E-state index contributed by atoms with van der Waals surface area (Å²) in [4.78, 5) is 23.5. The molecule has 118 valence electrons. The average Bonchev–Trinajstić information content (AvgIpc) is 2.83. The Bertz CT molecular complexity index is 476. The highest BCUT2D eigenvalue weighted by Gasteiger charge is 2.28. The monoisotopic (exact) mass is 296 g/mol. The summed E-state index contributed by atoms with van der Waals surface area (Å²) < 4.78 is 5.14. The standard InChI is InChI=1S/C15H24N2O4/c1-4-8-15(20,9-5-2)10-13(18)16-17-14(19)12-7-6-11(3)21-12/h6-7,20H,4-5,8-10H2,1-3H3,(H,16,18)(H,17,19). The number of aliphatic hydroxyl groups is 1. The maximum Gasteiger partial charge on any atom is 0.305 e. The van der Waals surface area contributed by atoms with Gasteiger partial charge < -0.3 is 9.52 Å². The fraction of sp³-hybridized carbons (Fsp3) is 0.600. The number of nitrogens with one attached hydrogen (secondary N) is 2. The van der Waals surface area contributed by atoms with Crippen molar-refractivity contribution in [3.05, 3.63) is 23.7 Å². The van der Waals surface area contributed by atoms with Crippen LogP contribution in [0.2, 0.25) is 0 Å². The van der Waals surface area contributed by atoms with Gasteiger partial charge >= 0.3 is 5.91 Å². The van der Waals surface area contributed by atoms with Crippen LogP contribution in [0, 0.1) is 6.92 Å². The number of amides is 2. The zero-order chi connectivity index (χ0) is 15.9. The lowest BCUT2D eigenvalue weighted by molar-refractivity contribution is -0.127. The summed E-state index contributed by atoms with van der Waals surface area (Å²) in [5.41, 5.74) is 3.57. The molecule has 1 aromatic heterocycles. The van der Waals surface area contributed by atoms with Gasteiger partial charge in [0.1, 0.15) is 5.76 Å². The number of aryl methyl sites for hydroxylation is 1. The summed E-state index contributed by atoms with van der Waals surface area (Å²) in [6.45, 7) is 5.64. The molecule has 6 heteroatoms. The van der Waals surface area contributed by atoms with Crippen LogP contribution in [0.15, 0.2) is 16.5 Å². The van der Waals surface area contributed by atoms with E-state index in [1.165, 1.54) is 6.07 Å². The van der Waals surface area contributed by atoms with E-state index in [-0.39, 0.29) is 12.2 Å². The molecule has 1 aromatic rings. The number of hydrogen-bond acceptors (Lipinski definition) is 4. The van der Waals surface area contributed by atoms with Crippen molar-refractivity contribution >= 4 is 11.8 Å². The van der Waals surface area contributed by atoms with Gasteiger partial charge in [0, 0.05) is 0 Å². The first-order valence-electron chi connectivity index (χ1n) is 7.28. The summed E-state index contributed by atoms with van der Waals surface area (Å²) in [6.07, 6.45) is 2.66. The third-order valence-corrected chi connectivity index (χ3v) is 3.20. The molecule has 1 rings (SSSR count). The number of hydrogen-bond donors (Lipinski definition) is 3. The van der Waals surface area contributed by atoms with E-state index < -0.39 is 17.4 Å². The largest absolute Gasteiger partial charge is 0.456 e. The van der Waals surface area contributed by atoms with Crippen LogP contribution in [0.5, 0.6) is 0 Å². The summed E-state index contributed by atoms with van der Waals surface area (Å²) in [5, 5.41) is 10.4. The van der Waals surface area contributed by atoms with Gasteiger partial charge in [-0.3, -0.25) is 20.4 Å². The molecule has 2 amide bonds. The zero-order valence-corrected chi connectivity index (χ0v) is 12.9. The Morgan fingerprint density at radius 1 is 1.19 bits per heavy atom. The Labute approximate surface area is 124 Å². The minimum Gasteiger partial charge on any atom is -0.456 e. The van der Waals surface area contributed by atoms with Gasteiger partial charge in [0.25, 0.3) is 0 Å². The maximum atomic E-state index is 11.8. The van der Waals surface area contributed by atoms with Crippen molar-refractivity contribution in [2.24, 2.45) is 0 Å². The molecule has 0 saturated carbocycles. The average molecular weight is 296 g/mol. The molecule has 0 aliphatic heterocycles. The van der Waals surface area contributed by atoms with Crippen molar-refractivity contribution in [2.75, 3.05) is 0 Å². The predicted octanol–water partition coefficient (Wildman–Crippen LogP) is 2.07. The van der Waals surface area contributed by atoms with E-state index in [0.29, 0.717) is 18.6 Å². The Balaban J connectivity index is 2.47. The quantitative estimate of drug-likeness (QED) is 0.672. The lowest BCUT2D eigenvalue weighted by Gasteiger charge is -2.26. The SMILES string of the molecule is CCCC(O)(CCC)CC(=O)NNC(=O)c1ccc(C)o1. The van der Waals surface area contributed by atoms with Gasteiger partial charge in [-0.2, -0.15) is 0 Å². The van der Waals surface area contributed by atoms with Gasteiger partial charge in [0.2, 0.25) is 5.91 Å². The van der Waals surface area contributed by atoms with Crippen molar-refractivity contribution in [2.45, 2.75) is 58.5 Å². The fourth-order valence-corrected chi connectivity index (χ4v) is 2.32. The van der Waals surface area contributed by atoms with Gasteiger partial charge in [-0.1, -0.05) is 26.7 Å². The van der Waals surface area contributed by atoms with Gasteiger partial charge in [0.05, 0.1) is 12.0 Å². The fourth-order valence-electron chi connectivity index (χ4n) is 2.32. The first-order valence-corrected chi connectivity index (χ1v) is 7.28. The van der Waals surface area contributed by atoms with Crippen LogP contribution in [0.4, 0.5) is 0 Å². The van der Waals surface area contributed by atoms with E-state index >= 15 is 0 Å². The summed E-state index contributed by atoms with van der Waals surface area (Å²) in [5.74, 6) is -0.195. The highest BCUT2D eigenvalue weighted by molar-refractivity contribution is 5.93. The van der Waals surface area contributed by atoms with Gasteiger partial charge in [-0.05, 0) is 31.9 Å². The van der Waals surface area contributed by atoms with Gasteiger partial charge in [-0.25, -0.2) is 0 Å². The molecule has 0 bridgehead atoms. The first-order chi connectivity index (χ1) is 9.90. The topological polar surface area (TPSA) is 91.6 Å². The number of carbonyl (C=O) groups is 2. The van der Waals surface area contributed by atoms with Crippen molar-refractivity contribution in [1.82, 2.24) is 10.9 Å². The molecule has 6 nitrogen and oxygen atoms in total. The van der Waals surface area contributed by atoms with E-state index in [2.05, 4.69) is 10.9 Å². The van der Waals surface area contributed by atoms with Crippen molar-refractivity contribution in [3.8, 4) is 0 Å². The normalized spacial score (nSPS) is 11.2. The molecule has 0 aliphatic carbocycles. The molecule has 0 aliphatic rings. The highest BCUT2D eigenvalue weighted by Crippen LogP contribution is 2.23. The van der Waals surface area contributed by atoms with Gasteiger partial charge in [0.15, 0.2) is 5.76 Å². The Hall–Kier alpha value is -1.82. The van der Waals surface area contributed by atoms with E-state index in [0.717, 1.165) is 12.8 Å². The molecule has 0 radical (unpaired) electrons. The summed E-state index contributed by atoms with van der Waals surface area (Å²) in [7, 11) is 0. The summed E-state index contributed by atoms with van der Waals surface area (Å²) >= 11 is 0. The van der Waals surface area contributed by atoms with Crippen LogP contribution in [0.1, 0.15) is 62.3 Å². The van der Waals surface area contributed by atoms with E-state index in [1.807, 2.05) is 13.8 Å². The number of furan rings is 1. The Morgan fingerprint density at radius 3 is 2.29 bits per heavy atom. The second kappa shape index (κ2) is 7.83.